The Labute approximate surface area is 209 Å². The molecule has 0 spiro atoms. The van der Waals surface area contributed by atoms with Gasteiger partial charge in [0.1, 0.15) is 0 Å². The van der Waals surface area contributed by atoms with Crippen molar-refractivity contribution in [3.63, 3.8) is 0 Å². The highest BCUT2D eigenvalue weighted by Crippen LogP contribution is 2.13. The Morgan fingerprint density at radius 3 is 1.26 bits per heavy atom. The summed E-state index contributed by atoms with van der Waals surface area (Å²) in [6, 6.07) is 12.2. The Balaban J connectivity index is 0.00000544. The van der Waals surface area contributed by atoms with Gasteiger partial charge in [-0.15, -0.1) is 24.8 Å². The fourth-order valence-electron chi connectivity index (χ4n) is 2.53. The number of amides is 4. The maximum atomic E-state index is 12.2. The third-order valence-electron chi connectivity index (χ3n) is 4.17. The van der Waals surface area contributed by atoms with Gasteiger partial charge in [-0.25, -0.2) is 4.79 Å². The van der Waals surface area contributed by atoms with E-state index in [4.69, 9.17) is 22.3 Å². The van der Waals surface area contributed by atoms with Gasteiger partial charge in [0.15, 0.2) is 0 Å². The van der Waals surface area contributed by atoms with Crippen molar-refractivity contribution in [3.8, 4) is 0 Å². The van der Waals surface area contributed by atoms with Gasteiger partial charge >= 0.3 is 6.03 Å². The molecule has 34 heavy (non-hydrogen) atoms. The molecular formula is C21H28Cl2N8O3. The van der Waals surface area contributed by atoms with Crippen LogP contribution < -0.4 is 32.7 Å². The second-order valence-electron chi connectivity index (χ2n) is 6.80. The molecule has 2 aromatic carbocycles. The lowest BCUT2D eigenvalue weighted by Gasteiger charge is -2.10. The first-order valence-corrected chi connectivity index (χ1v) is 9.75. The number of nitrogens with two attached hydrogens (primary N) is 2. The van der Waals surface area contributed by atoms with Crippen molar-refractivity contribution >= 4 is 65.7 Å². The lowest BCUT2D eigenvalue weighted by atomic mass is 10.2. The zero-order valence-corrected chi connectivity index (χ0v) is 19.8. The van der Waals surface area contributed by atoms with Crippen molar-refractivity contribution < 1.29 is 14.4 Å². The van der Waals surface area contributed by atoms with Gasteiger partial charge < -0.3 is 32.7 Å². The molecule has 4 amide bonds. The minimum absolute atomic E-state index is 0. The van der Waals surface area contributed by atoms with Gasteiger partial charge in [0.05, 0.1) is 11.7 Å². The normalized spacial score (nSPS) is 9.41. The predicted octanol–water partition coefficient (Wildman–Crippen LogP) is 2.29. The minimum atomic E-state index is -0.484. The smallest absolute Gasteiger partial charge is 0.323 e. The highest BCUT2D eigenvalue weighted by molar-refractivity contribution is 6.01. The molecule has 13 heteroatoms. The average molecular weight is 511 g/mol. The summed E-state index contributed by atoms with van der Waals surface area (Å²) in [7, 11) is 0. The van der Waals surface area contributed by atoms with Crippen LogP contribution >= 0.6 is 24.8 Å². The maximum Gasteiger partial charge on any atom is 0.323 e. The van der Waals surface area contributed by atoms with E-state index in [1.807, 2.05) is 0 Å². The summed E-state index contributed by atoms with van der Waals surface area (Å²) < 4.78 is 0. The zero-order valence-electron chi connectivity index (χ0n) is 18.1. The number of rotatable bonds is 10. The topological polar surface area (TPSA) is 199 Å². The van der Waals surface area contributed by atoms with Crippen LogP contribution in [0.3, 0.4) is 0 Å². The molecule has 0 aromatic heterocycles. The molecule has 0 heterocycles. The third kappa shape index (κ3) is 10.7. The van der Waals surface area contributed by atoms with Crippen molar-refractivity contribution in [2.45, 2.75) is 12.8 Å². The first-order chi connectivity index (χ1) is 15.2. The number of anilines is 2. The molecule has 184 valence electrons. The Hall–Kier alpha value is -3.83. The summed E-state index contributed by atoms with van der Waals surface area (Å²) in [5.41, 5.74) is 12.3. The van der Waals surface area contributed by atoms with Crippen molar-refractivity contribution in [1.29, 1.82) is 10.8 Å². The molecule has 0 bridgehead atoms. The standard InChI is InChI=1S/C21H26N8O3.2ClH/c22-17(23)9-11-26-19(30)13-1-5-15(6-2-13)28-21(32)29-16-7-3-14(4-8-16)20(31)27-12-10-18(24)25;;/h1-8H,9-12H2,(H3,22,23)(H3,24,25)(H,26,30)(H,27,31)(H2,28,29,32);2*1H. The molecule has 0 saturated heterocycles. The first-order valence-electron chi connectivity index (χ1n) is 9.75. The largest absolute Gasteiger partial charge is 0.388 e. The molecule has 0 radical (unpaired) electrons. The van der Waals surface area contributed by atoms with E-state index in [1.165, 1.54) is 0 Å². The predicted molar refractivity (Wildman–Crippen MR) is 138 cm³/mol. The molecule has 0 aliphatic carbocycles. The van der Waals surface area contributed by atoms with Crippen molar-refractivity contribution in [3.05, 3.63) is 59.7 Å². The van der Waals surface area contributed by atoms with E-state index in [9.17, 15) is 14.4 Å². The second kappa shape index (κ2) is 15.1. The molecule has 10 N–H and O–H groups in total. The number of carbonyl (C=O) groups is 3. The van der Waals surface area contributed by atoms with Crippen molar-refractivity contribution in [1.82, 2.24) is 10.6 Å². The number of benzene rings is 2. The lowest BCUT2D eigenvalue weighted by Crippen LogP contribution is -2.27. The molecular weight excluding hydrogens is 483 g/mol. The van der Waals surface area contributed by atoms with E-state index in [0.29, 0.717) is 22.5 Å². The molecule has 2 aromatic rings. The number of amidine groups is 2. The van der Waals surface area contributed by atoms with E-state index in [-0.39, 0.29) is 74.2 Å². The Morgan fingerprint density at radius 2 is 0.971 bits per heavy atom. The van der Waals surface area contributed by atoms with Crippen LogP contribution in [0.4, 0.5) is 16.2 Å². The summed E-state index contributed by atoms with van der Waals surface area (Å²) in [4.78, 5) is 36.2. The summed E-state index contributed by atoms with van der Waals surface area (Å²) in [6.45, 7) is 0.547. The number of halogens is 2. The van der Waals surface area contributed by atoms with Gasteiger partial charge in [-0.1, -0.05) is 0 Å². The molecule has 11 nitrogen and oxygen atoms in total. The lowest BCUT2D eigenvalue weighted by molar-refractivity contribution is 0.0946. The summed E-state index contributed by atoms with van der Waals surface area (Å²) in [5.74, 6) is -0.600. The minimum Gasteiger partial charge on any atom is -0.388 e. The van der Waals surface area contributed by atoms with Gasteiger partial charge in [0.2, 0.25) is 0 Å². The van der Waals surface area contributed by atoms with Gasteiger partial charge in [0, 0.05) is 48.4 Å². The molecule has 0 aliphatic heterocycles. The third-order valence-corrected chi connectivity index (χ3v) is 4.17. The van der Waals surface area contributed by atoms with Crippen LogP contribution in [0.15, 0.2) is 48.5 Å². The van der Waals surface area contributed by atoms with Crippen LogP contribution in [0.2, 0.25) is 0 Å². The van der Waals surface area contributed by atoms with E-state index in [2.05, 4.69) is 21.3 Å². The average Bonchev–Trinajstić information content (AvgIpc) is 2.74. The Bertz CT molecular complexity index is 919. The number of carbonyl (C=O) groups excluding carboxylic acids is 3. The second-order valence-corrected chi connectivity index (χ2v) is 6.80. The molecule has 0 unspecified atom stereocenters. The van der Waals surface area contributed by atoms with E-state index in [0.717, 1.165) is 0 Å². The summed E-state index contributed by atoms with van der Waals surface area (Å²) in [6.07, 6.45) is 0.550. The highest BCUT2D eigenvalue weighted by Gasteiger charge is 2.08. The van der Waals surface area contributed by atoms with Crippen LogP contribution in [0.5, 0.6) is 0 Å². The van der Waals surface area contributed by atoms with Gasteiger partial charge in [-0.2, -0.15) is 0 Å². The summed E-state index contributed by atoms with van der Waals surface area (Å²) in [5, 5.41) is 24.9. The van der Waals surface area contributed by atoms with Crippen LogP contribution in [-0.2, 0) is 0 Å². The quantitative estimate of drug-likeness (QED) is 0.178. The fraction of sp³-hybridized carbons (Fsp3) is 0.190. The maximum absolute atomic E-state index is 12.2. The van der Waals surface area contributed by atoms with Gasteiger partial charge in [0.25, 0.3) is 11.8 Å². The molecule has 0 fully saturated rings. The number of urea groups is 1. The summed E-state index contributed by atoms with van der Waals surface area (Å²) >= 11 is 0. The Kier molecular flexibility index (Phi) is 13.4. The highest BCUT2D eigenvalue weighted by atomic mass is 35.5. The zero-order chi connectivity index (χ0) is 23.5. The SMILES string of the molecule is Cl.Cl.N=C(N)CCNC(=O)c1ccc(NC(=O)Nc2ccc(C(=O)NCCC(=N)N)cc2)cc1. The van der Waals surface area contributed by atoms with Crippen LogP contribution in [-0.4, -0.2) is 42.6 Å². The number of hydrogen-bond donors (Lipinski definition) is 8. The monoisotopic (exact) mass is 510 g/mol. The number of hydrogen-bond acceptors (Lipinski definition) is 5. The van der Waals surface area contributed by atoms with E-state index in [1.54, 1.807) is 48.5 Å². The Morgan fingerprint density at radius 1 is 0.647 bits per heavy atom. The van der Waals surface area contributed by atoms with Crippen molar-refractivity contribution in [2.75, 3.05) is 23.7 Å². The molecule has 0 aliphatic rings. The number of nitrogens with one attached hydrogen (secondary N) is 6. The van der Waals surface area contributed by atoms with Crippen LogP contribution in [0, 0.1) is 10.8 Å². The van der Waals surface area contributed by atoms with E-state index < -0.39 is 6.03 Å². The molecule has 2 rings (SSSR count). The fourth-order valence-corrected chi connectivity index (χ4v) is 2.53. The van der Waals surface area contributed by atoms with Gasteiger partial charge in [-0.05, 0) is 48.5 Å². The van der Waals surface area contributed by atoms with E-state index >= 15 is 0 Å². The molecule has 0 atom stereocenters. The first kappa shape index (κ1) is 30.2. The van der Waals surface area contributed by atoms with Crippen molar-refractivity contribution in [2.24, 2.45) is 11.5 Å². The van der Waals surface area contributed by atoms with Crippen LogP contribution in [0.25, 0.3) is 0 Å². The van der Waals surface area contributed by atoms with Gasteiger partial charge in [-0.3, -0.25) is 20.4 Å². The van der Waals surface area contributed by atoms with Crippen LogP contribution in [0.1, 0.15) is 33.6 Å². The molecule has 0 saturated carbocycles.